The van der Waals surface area contributed by atoms with E-state index in [9.17, 15) is 0 Å². The minimum Gasteiger partial charge on any atom is -0.467 e. The first-order valence-corrected chi connectivity index (χ1v) is 6.97. The molecular formula is C13H13IN2OS. The van der Waals surface area contributed by atoms with Crippen LogP contribution in [0.2, 0.25) is 0 Å². The molecular weight excluding hydrogens is 359 g/mol. The molecule has 1 aromatic carbocycles. The molecule has 18 heavy (non-hydrogen) atoms. The van der Waals surface area contributed by atoms with Crippen LogP contribution in [0.3, 0.4) is 0 Å². The van der Waals surface area contributed by atoms with Crippen molar-refractivity contribution in [1.82, 2.24) is 5.32 Å². The van der Waals surface area contributed by atoms with E-state index in [1.54, 1.807) is 6.26 Å². The van der Waals surface area contributed by atoms with Crippen molar-refractivity contribution in [2.24, 2.45) is 0 Å². The first-order chi connectivity index (χ1) is 8.65. The molecule has 0 fully saturated rings. The molecule has 2 rings (SSSR count). The zero-order chi connectivity index (χ0) is 13.0. The highest BCUT2D eigenvalue weighted by Crippen LogP contribution is 2.16. The topological polar surface area (TPSA) is 37.2 Å². The fourth-order valence-corrected chi connectivity index (χ4v) is 2.13. The van der Waals surface area contributed by atoms with Crippen LogP contribution in [0.1, 0.15) is 11.3 Å². The summed E-state index contributed by atoms with van der Waals surface area (Å²) >= 11 is 7.53. The summed E-state index contributed by atoms with van der Waals surface area (Å²) in [5.74, 6) is 0.859. The second-order valence-electron chi connectivity index (χ2n) is 3.85. The summed E-state index contributed by atoms with van der Waals surface area (Å²) in [5.41, 5.74) is 2.25. The number of halogens is 1. The van der Waals surface area contributed by atoms with E-state index in [0.717, 1.165) is 11.4 Å². The van der Waals surface area contributed by atoms with Crippen LogP contribution >= 0.6 is 34.8 Å². The number of anilines is 1. The van der Waals surface area contributed by atoms with Gasteiger partial charge in [-0.05, 0) is 71.6 Å². The smallest absolute Gasteiger partial charge is 0.171 e. The Hall–Kier alpha value is -1.08. The zero-order valence-electron chi connectivity index (χ0n) is 9.87. The Bertz CT molecular complexity index is 540. The standard InChI is InChI=1S/C13H13IN2OS/c1-9-4-5-10(7-12(9)14)16-13(18)15-8-11-3-2-6-17-11/h2-7H,8H2,1H3,(H2,15,16,18). The van der Waals surface area contributed by atoms with Gasteiger partial charge in [0.25, 0.3) is 0 Å². The molecule has 2 N–H and O–H groups in total. The molecule has 94 valence electrons. The SMILES string of the molecule is Cc1ccc(NC(=S)NCc2ccco2)cc1I. The molecule has 0 spiro atoms. The summed E-state index contributed by atoms with van der Waals surface area (Å²) in [7, 11) is 0. The minimum atomic E-state index is 0.585. The molecule has 2 aromatic rings. The van der Waals surface area contributed by atoms with Gasteiger partial charge in [0.15, 0.2) is 5.11 Å². The van der Waals surface area contributed by atoms with E-state index in [0.29, 0.717) is 11.7 Å². The van der Waals surface area contributed by atoms with Crippen LogP contribution in [-0.2, 0) is 6.54 Å². The molecule has 0 bridgehead atoms. The molecule has 0 atom stereocenters. The lowest BCUT2D eigenvalue weighted by molar-refractivity contribution is 0.503. The van der Waals surface area contributed by atoms with Crippen LogP contribution in [0.25, 0.3) is 0 Å². The third-order valence-electron chi connectivity index (χ3n) is 2.43. The Morgan fingerprint density at radius 2 is 2.22 bits per heavy atom. The number of thiocarbonyl (C=S) groups is 1. The van der Waals surface area contributed by atoms with Crippen molar-refractivity contribution >= 4 is 45.6 Å². The first kappa shape index (κ1) is 13.4. The molecule has 0 amide bonds. The molecule has 0 aliphatic carbocycles. The van der Waals surface area contributed by atoms with Gasteiger partial charge in [-0.3, -0.25) is 0 Å². The number of hydrogen-bond donors (Lipinski definition) is 2. The van der Waals surface area contributed by atoms with Crippen molar-refractivity contribution < 1.29 is 4.42 Å². The predicted octanol–water partition coefficient (Wildman–Crippen LogP) is 3.68. The molecule has 1 heterocycles. The number of hydrogen-bond acceptors (Lipinski definition) is 2. The predicted molar refractivity (Wildman–Crippen MR) is 85.7 cm³/mol. The third-order valence-corrected chi connectivity index (χ3v) is 3.84. The van der Waals surface area contributed by atoms with Gasteiger partial charge in [-0.15, -0.1) is 0 Å². The number of aryl methyl sites for hydroxylation is 1. The third kappa shape index (κ3) is 3.71. The lowest BCUT2D eigenvalue weighted by Crippen LogP contribution is -2.27. The Kier molecular flexibility index (Phi) is 4.60. The fourth-order valence-electron chi connectivity index (χ4n) is 1.43. The van der Waals surface area contributed by atoms with E-state index in [-0.39, 0.29) is 0 Å². The molecule has 0 saturated carbocycles. The van der Waals surface area contributed by atoms with Crippen molar-refractivity contribution in [3.8, 4) is 0 Å². The monoisotopic (exact) mass is 372 g/mol. The lowest BCUT2D eigenvalue weighted by atomic mass is 10.2. The second kappa shape index (κ2) is 6.19. The average molecular weight is 372 g/mol. The van der Waals surface area contributed by atoms with Crippen LogP contribution in [0, 0.1) is 10.5 Å². The normalized spacial score (nSPS) is 10.1. The Morgan fingerprint density at radius 1 is 1.39 bits per heavy atom. The van der Waals surface area contributed by atoms with Gasteiger partial charge in [0.05, 0.1) is 12.8 Å². The van der Waals surface area contributed by atoms with Gasteiger partial charge in [-0.25, -0.2) is 0 Å². The van der Waals surface area contributed by atoms with Crippen LogP contribution in [0.15, 0.2) is 41.0 Å². The Morgan fingerprint density at radius 3 is 2.89 bits per heavy atom. The molecule has 5 heteroatoms. The van der Waals surface area contributed by atoms with Gasteiger partial charge < -0.3 is 15.1 Å². The summed E-state index contributed by atoms with van der Waals surface area (Å²) in [5, 5.41) is 6.83. The van der Waals surface area contributed by atoms with E-state index < -0.39 is 0 Å². The Labute approximate surface area is 125 Å². The van der Waals surface area contributed by atoms with Crippen LogP contribution in [0.5, 0.6) is 0 Å². The highest BCUT2D eigenvalue weighted by Gasteiger charge is 2.01. The maximum Gasteiger partial charge on any atom is 0.171 e. The highest BCUT2D eigenvalue weighted by atomic mass is 127. The first-order valence-electron chi connectivity index (χ1n) is 5.48. The summed E-state index contributed by atoms with van der Waals surface area (Å²) < 4.78 is 6.43. The molecule has 0 aliphatic heterocycles. The van der Waals surface area contributed by atoms with Crippen molar-refractivity contribution in [1.29, 1.82) is 0 Å². The molecule has 0 radical (unpaired) electrons. The van der Waals surface area contributed by atoms with Crippen LogP contribution in [-0.4, -0.2) is 5.11 Å². The van der Waals surface area contributed by atoms with Gasteiger partial charge in [0.2, 0.25) is 0 Å². The van der Waals surface area contributed by atoms with E-state index in [1.807, 2.05) is 18.2 Å². The van der Waals surface area contributed by atoms with Gasteiger partial charge in [-0.2, -0.15) is 0 Å². The van der Waals surface area contributed by atoms with Crippen LogP contribution in [0.4, 0.5) is 5.69 Å². The minimum absolute atomic E-state index is 0.585. The molecule has 1 aromatic heterocycles. The van der Waals surface area contributed by atoms with E-state index in [1.165, 1.54) is 9.13 Å². The number of nitrogens with one attached hydrogen (secondary N) is 2. The second-order valence-corrected chi connectivity index (χ2v) is 5.42. The summed E-state index contributed by atoms with van der Waals surface area (Å²) in [4.78, 5) is 0. The fraction of sp³-hybridized carbons (Fsp3) is 0.154. The quantitative estimate of drug-likeness (QED) is 0.637. The highest BCUT2D eigenvalue weighted by molar-refractivity contribution is 14.1. The molecule has 0 saturated heterocycles. The average Bonchev–Trinajstić information content (AvgIpc) is 2.84. The maximum atomic E-state index is 5.22. The lowest BCUT2D eigenvalue weighted by Gasteiger charge is -2.10. The van der Waals surface area contributed by atoms with Gasteiger partial charge in [0, 0.05) is 9.26 Å². The summed E-state index contributed by atoms with van der Waals surface area (Å²) in [6.45, 7) is 2.67. The largest absolute Gasteiger partial charge is 0.467 e. The van der Waals surface area contributed by atoms with Crippen molar-refractivity contribution in [3.05, 3.63) is 51.5 Å². The summed E-state index contributed by atoms with van der Waals surface area (Å²) in [6, 6.07) is 9.91. The van der Waals surface area contributed by atoms with Crippen molar-refractivity contribution in [2.75, 3.05) is 5.32 Å². The van der Waals surface area contributed by atoms with Gasteiger partial charge in [-0.1, -0.05) is 6.07 Å². The molecule has 0 unspecified atom stereocenters. The van der Waals surface area contributed by atoms with Crippen molar-refractivity contribution in [2.45, 2.75) is 13.5 Å². The molecule has 0 aliphatic rings. The van der Waals surface area contributed by atoms with Gasteiger partial charge in [0.1, 0.15) is 5.76 Å². The maximum absolute atomic E-state index is 5.22. The van der Waals surface area contributed by atoms with E-state index >= 15 is 0 Å². The number of furan rings is 1. The number of rotatable bonds is 3. The van der Waals surface area contributed by atoms with E-state index in [4.69, 9.17) is 16.6 Å². The summed E-state index contributed by atoms with van der Waals surface area (Å²) in [6.07, 6.45) is 1.65. The van der Waals surface area contributed by atoms with Crippen LogP contribution < -0.4 is 10.6 Å². The molecule has 3 nitrogen and oxygen atoms in total. The number of benzene rings is 1. The Balaban J connectivity index is 1.88. The zero-order valence-corrected chi connectivity index (χ0v) is 12.8. The van der Waals surface area contributed by atoms with Crippen molar-refractivity contribution in [3.63, 3.8) is 0 Å². The van der Waals surface area contributed by atoms with Gasteiger partial charge >= 0.3 is 0 Å². The van der Waals surface area contributed by atoms with E-state index in [2.05, 4.69) is 52.3 Å².